The largest absolute Gasteiger partial charge is 0.206 e. The van der Waals surface area contributed by atoms with Crippen LogP contribution in [-0.4, -0.2) is 0 Å². The molecule has 3 aromatic carbocycles. The molecule has 0 bridgehead atoms. The van der Waals surface area contributed by atoms with Crippen LogP contribution in [0.25, 0.3) is 22.3 Å². The Balaban J connectivity index is 1.85. The molecular formula is C26H27F3. The van der Waals surface area contributed by atoms with Crippen molar-refractivity contribution in [1.82, 2.24) is 0 Å². The van der Waals surface area contributed by atoms with Gasteiger partial charge < -0.3 is 0 Å². The van der Waals surface area contributed by atoms with E-state index in [1.165, 1.54) is 43.0 Å². The zero-order valence-corrected chi connectivity index (χ0v) is 17.1. The molecule has 0 unspecified atom stereocenters. The number of benzene rings is 3. The van der Waals surface area contributed by atoms with Gasteiger partial charge >= 0.3 is 0 Å². The fraction of sp³-hybridized carbons (Fsp3) is 0.308. The molecular weight excluding hydrogens is 369 g/mol. The van der Waals surface area contributed by atoms with Gasteiger partial charge in [-0.15, -0.1) is 0 Å². The van der Waals surface area contributed by atoms with E-state index in [1.54, 1.807) is 12.1 Å². The third kappa shape index (κ3) is 4.90. The number of halogens is 3. The molecule has 3 heteroatoms. The summed E-state index contributed by atoms with van der Waals surface area (Å²) in [5, 5.41) is 0. The van der Waals surface area contributed by atoms with Gasteiger partial charge in [0.2, 0.25) is 0 Å². The van der Waals surface area contributed by atoms with E-state index in [-0.39, 0.29) is 11.1 Å². The standard InChI is InChI=1S/C26H27F3/c1-3-5-6-8-18-9-11-19(12-10-18)21-14-15-22(24(27)17-21)23-16-13-20(7-4-2)25(28)26(23)29/h9-17H,3-8H2,1-2H3. The molecule has 0 heterocycles. The highest BCUT2D eigenvalue weighted by Gasteiger charge is 2.17. The highest BCUT2D eigenvalue weighted by atomic mass is 19.2. The van der Waals surface area contributed by atoms with E-state index >= 15 is 0 Å². The Morgan fingerprint density at radius 3 is 1.97 bits per heavy atom. The average molecular weight is 396 g/mol. The molecule has 0 nitrogen and oxygen atoms in total. The molecule has 0 amide bonds. The minimum Gasteiger partial charge on any atom is -0.206 e. The van der Waals surface area contributed by atoms with Crippen LogP contribution in [0.4, 0.5) is 13.2 Å². The first-order valence-electron chi connectivity index (χ1n) is 10.4. The van der Waals surface area contributed by atoms with E-state index in [2.05, 4.69) is 19.1 Å². The van der Waals surface area contributed by atoms with Crippen molar-refractivity contribution in [2.45, 2.75) is 52.4 Å². The monoisotopic (exact) mass is 396 g/mol. The van der Waals surface area contributed by atoms with Gasteiger partial charge in [0, 0.05) is 11.1 Å². The van der Waals surface area contributed by atoms with Crippen LogP contribution in [0.5, 0.6) is 0 Å². The molecule has 152 valence electrons. The fourth-order valence-corrected chi connectivity index (χ4v) is 3.62. The van der Waals surface area contributed by atoms with E-state index in [4.69, 9.17) is 0 Å². The first-order valence-corrected chi connectivity index (χ1v) is 10.4. The summed E-state index contributed by atoms with van der Waals surface area (Å²) in [6, 6.07) is 15.8. The topological polar surface area (TPSA) is 0 Å². The van der Waals surface area contributed by atoms with Gasteiger partial charge in [-0.1, -0.05) is 81.6 Å². The highest BCUT2D eigenvalue weighted by molar-refractivity contribution is 5.71. The molecule has 0 aliphatic carbocycles. The van der Waals surface area contributed by atoms with Gasteiger partial charge in [-0.3, -0.25) is 0 Å². The summed E-state index contributed by atoms with van der Waals surface area (Å²) in [5.41, 5.74) is 3.24. The summed E-state index contributed by atoms with van der Waals surface area (Å²) in [6.45, 7) is 4.09. The van der Waals surface area contributed by atoms with E-state index in [1.807, 2.05) is 19.1 Å². The van der Waals surface area contributed by atoms with Crippen LogP contribution in [0.2, 0.25) is 0 Å². The fourth-order valence-electron chi connectivity index (χ4n) is 3.62. The second kappa shape index (κ2) is 9.78. The zero-order chi connectivity index (χ0) is 20.8. The maximum Gasteiger partial charge on any atom is 0.167 e. The van der Waals surface area contributed by atoms with Crippen LogP contribution in [0.3, 0.4) is 0 Å². The van der Waals surface area contributed by atoms with Crippen molar-refractivity contribution in [3.8, 4) is 22.3 Å². The summed E-state index contributed by atoms with van der Waals surface area (Å²) in [5.74, 6) is -2.43. The molecule has 0 spiro atoms. The van der Waals surface area contributed by atoms with Gasteiger partial charge in [-0.2, -0.15) is 0 Å². The lowest BCUT2D eigenvalue weighted by molar-refractivity contribution is 0.499. The van der Waals surface area contributed by atoms with Crippen LogP contribution in [-0.2, 0) is 12.8 Å². The van der Waals surface area contributed by atoms with Gasteiger partial charge in [-0.25, -0.2) is 13.2 Å². The van der Waals surface area contributed by atoms with Gasteiger partial charge in [0.1, 0.15) is 5.82 Å². The Labute approximate surface area is 171 Å². The van der Waals surface area contributed by atoms with Crippen LogP contribution >= 0.6 is 0 Å². The minimum absolute atomic E-state index is 0.0438. The Kier molecular flexibility index (Phi) is 7.13. The number of unbranched alkanes of at least 4 members (excludes halogenated alkanes) is 2. The minimum atomic E-state index is -0.987. The predicted octanol–water partition coefficient (Wildman–Crippen LogP) is 8.12. The number of aryl methyl sites for hydroxylation is 2. The Bertz CT molecular complexity index is 958. The van der Waals surface area contributed by atoms with Crippen LogP contribution in [0.15, 0.2) is 54.6 Å². The second-order valence-electron chi connectivity index (χ2n) is 7.50. The SMILES string of the molecule is CCCCCc1ccc(-c2ccc(-c3ccc(CCC)c(F)c3F)c(F)c2)cc1. The quantitative estimate of drug-likeness (QED) is 0.337. The van der Waals surface area contributed by atoms with Gasteiger partial charge in [0.05, 0.1) is 0 Å². The van der Waals surface area contributed by atoms with Crippen LogP contribution in [0.1, 0.15) is 50.7 Å². The molecule has 0 radical (unpaired) electrons. The maximum atomic E-state index is 14.8. The third-order valence-electron chi connectivity index (χ3n) is 5.30. The molecule has 0 aliphatic heterocycles. The Hall–Kier alpha value is -2.55. The molecule has 0 fully saturated rings. The Morgan fingerprint density at radius 1 is 0.621 bits per heavy atom. The van der Waals surface area contributed by atoms with Crippen molar-refractivity contribution < 1.29 is 13.2 Å². The van der Waals surface area contributed by atoms with Crippen molar-refractivity contribution in [2.24, 2.45) is 0 Å². The third-order valence-corrected chi connectivity index (χ3v) is 5.30. The molecule has 0 aliphatic rings. The van der Waals surface area contributed by atoms with E-state index in [0.717, 1.165) is 24.0 Å². The lowest BCUT2D eigenvalue weighted by atomic mass is 9.96. The zero-order valence-electron chi connectivity index (χ0n) is 17.1. The predicted molar refractivity (Wildman–Crippen MR) is 114 cm³/mol. The van der Waals surface area contributed by atoms with Gasteiger partial charge in [0.25, 0.3) is 0 Å². The molecule has 29 heavy (non-hydrogen) atoms. The highest BCUT2D eigenvalue weighted by Crippen LogP contribution is 2.32. The van der Waals surface area contributed by atoms with Crippen molar-refractivity contribution in [2.75, 3.05) is 0 Å². The molecule has 3 aromatic rings. The summed E-state index contributed by atoms with van der Waals surface area (Å²) in [4.78, 5) is 0. The Morgan fingerprint density at radius 2 is 1.31 bits per heavy atom. The molecule has 0 saturated heterocycles. The van der Waals surface area contributed by atoms with E-state index in [0.29, 0.717) is 12.0 Å². The van der Waals surface area contributed by atoms with Crippen molar-refractivity contribution in [3.05, 3.63) is 83.2 Å². The van der Waals surface area contributed by atoms with Gasteiger partial charge in [-0.05, 0) is 47.6 Å². The summed E-state index contributed by atoms with van der Waals surface area (Å²) in [7, 11) is 0. The molecule has 0 N–H and O–H groups in total. The normalized spacial score (nSPS) is 11.1. The second-order valence-corrected chi connectivity index (χ2v) is 7.50. The van der Waals surface area contributed by atoms with E-state index in [9.17, 15) is 13.2 Å². The lowest BCUT2D eigenvalue weighted by Gasteiger charge is -2.11. The van der Waals surface area contributed by atoms with Crippen molar-refractivity contribution in [1.29, 1.82) is 0 Å². The summed E-state index contributed by atoms with van der Waals surface area (Å²) >= 11 is 0. The summed E-state index contributed by atoms with van der Waals surface area (Å²) < 4.78 is 43.5. The number of hydrogen-bond acceptors (Lipinski definition) is 0. The van der Waals surface area contributed by atoms with E-state index < -0.39 is 17.5 Å². The molecule has 0 aromatic heterocycles. The number of hydrogen-bond donors (Lipinski definition) is 0. The first kappa shape index (κ1) is 21.2. The summed E-state index contributed by atoms with van der Waals surface area (Å²) in [6.07, 6.45) is 5.79. The molecule has 0 saturated carbocycles. The smallest absolute Gasteiger partial charge is 0.167 e. The lowest BCUT2D eigenvalue weighted by Crippen LogP contribution is -1.98. The molecule has 0 atom stereocenters. The molecule has 3 rings (SSSR count). The maximum absolute atomic E-state index is 14.8. The average Bonchev–Trinajstić information content (AvgIpc) is 2.73. The number of rotatable bonds is 8. The van der Waals surface area contributed by atoms with Gasteiger partial charge in [0.15, 0.2) is 11.6 Å². The van der Waals surface area contributed by atoms with Crippen molar-refractivity contribution >= 4 is 0 Å². The van der Waals surface area contributed by atoms with Crippen LogP contribution in [0, 0.1) is 17.5 Å². The first-order chi connectivity index (χ1) is 14.0. The van der Waals surface area contributed by atoms with Crippen LogP contribution < -0.4 is 0 Å². The van der Waals surface area contributed by atoms with Crippen molar-refractivity contribution in [3.63, 3.8) is 0 Å².